The number of nitrogens with zero attached hydrogens (tertiary/aromatic N) is 4. The number of H-pyrrole nitrogens is 1. The average Bonchev–Trinajstić information content (AvgIpc) is 2.88. The zero-order valence-electron chi connectivity index (χ0n) is 9.04. The van der Waals surface area contributed by atoms with Gasteiger partial charge in [0, 0.05) is 6.20 Å². The molecule has 7 heteroatoms. The Morgan fingerprint density at radius 1 is 1.47 bits per heavy atom. The molecule has 0 saturated heterocycles. The molecule has 0 aliphatic heterocycles. The van der Waals surface area contributed by atoms with Gasteiger partial charge in [-0.15, -0.1) is 0 Å². The van der Waals surface area contributed by atoms with Crippen molar-refractivity contribution >= 4 is 23.4 Å². The molecule has 0 aromatic carbocycles. The second kappa shape index (κ2) is 3.77. The van der Waals surface area contributed by atoms with Gasteiger partial charge in [0.25, 0.3) is 0 Å². The van der Waals surface area contributed by atoms with Crippen LogP contribution in [-0.4, -0.2) is 24.7 Å². The molecule has 1 N–H and O–H groups in total. The van der Waals surface area contributed by atoms with E-state index in [9.17, 15) is 0 Å². The quantitative estimate of drug-likeness (QED) is 0.699. The zero-order chi connectivity index (χ0) is 11.8. The van der Waals surface area contributed by atoms with E-state index in [4.69, 9.17) is 16.7 Å². The molecule has 0 aliphatic carbocycles. The summed E-state index contributed by atoms with van der Waals surface area (Å²) < 4.78 is 7.14. The van der Waals surface area contributed by atoms with Crippen molar-refractivity contribution in [3.8, 4) is 0 Å². The molecule has 0 spiro atoms. The first-order chi connectivity index (χ1) is 8.24. The third-order valence-corrected chi connectivity index (χ3v) is 2.77. The smallest absolute Gasteiger partial charge is 0.213 e. The van der Waals surface area contributed by atoms with E-state index in [0.29, 0.717) is 17.1 Å². The first kappa shape index (κ1) is 10.2. The summed E-state index contributed by atoms with van der Waals surface area (Å²) in [4.78, 5) is 11.4. The molecular formula is C10H9N5OS. The lowest BCUT2D eigenvalue weighted by atomic mass is 10.3. The van der Waals surface area contributed by atoms with Gasteiger partial charge in [-0.2, -0.15) is 4.98 Å². The van der Waals surface area contributed by atoms with Crippen LogP contribution in [0.1, 0.15) is 11.4 Å². The van der Waals surface area contributed by atoms with E-state index in [0.717, 1.165) is 16.7 Å². The van der Waals surface area contributed by atoms with E-state index in [2.05, 4.69) is 20.1 Å². The van der Waals surface area contributed by atoms with E-state index in [-0.39, 0.29) is 0 Å². The van der Waals surface area contributed by atoms with Crippen molar-refractivity contribution in [2.45, 2.75) is 13.5 Å². The molecule has 0 bridgehead atoms. The van der Waals surface area contributed by atoms with Crippen LogP contribution in [0, 0.1) is 11.7 Å². The molecule has 0 unspecified atom stereocenters. The second-order valence-electron chi connectivity index (χ2n) is 3.75. The number of aromatic amines is 1. The molecule has 0 radical (unpaired) electrons. The van der Waals surface area contributed by atoms with Crippen molar-refractivity contribution in [3.05, 3.63) is 34.8 Å². The SMILES string of the molecule is Cc1cnc2c(c1)[nH]c(=S)n2Cc1ncon1. The van der Waals surface area contributed by atoms with Crippen LogP contribution in [0.15, 0.2) is 23.2 Å². The number of rotatable bonds is 2. The minimum atomic E-state index is 0.450. The van der Waals surface area contributed by atoms with Gasteiger partial charge in [0.15, 0.2) is 16.2 Å². The van der Waals surface area contributed by atoms with Gasteiger partial charge in [-0.05, 0) is 30.8 Å². The Morgan fingerprint density at radius 3 is 3.12 bits per heavy atom. The highest BCUT2D eigenvalue weighted by molar-refractivity contribution is 7.71. The summed E-state index contributed by atoms with van der Waals surface area (Å²) in [5.74, 6) is 0.573. The highest BCUT2D eigenvalue weighted by atomic mass is 32.1. The number of pyridine rings is 1. The van der Waals surface area contributed by atoms with E-state index < -0.39 is 0 Å². The van der Waals surface area contributed by atoms with Crippen molar-refractivity contribution in [2.24, 2.45) is 0 Å². The summed E-state index contributed by atoms with van der Waals surface area (Å²) in [5, 5.41) is 3.76. The van der Waals surface area contributed by atoms with Crippen molar-refractivity contribution in [2.75, 3.05) is 0 Å². The standard InChI is InChI=1S/C10H9N5OS/c1-6-2-7-9(11-3-6)15(10(17)13-7)4-8-12-5-16-14-8/h2-3,5H,4H2,1H3,(H,13,17). The fraction of sp³-hybridized carbons (Fsp3) is 0.200. The van der Waals surface area contributed by atoms with Crippen molar-refractivity contribution < 1.29 is 4.52 Å². The Kier molecular flexibility index (Phi) is 2.25. The van der Waals surface area contributed by atoms with E-state index in [1.807, 2.05) is 17.6 Å². The Morgan fingerprint density at radius 2 is 2.35 bits per heavy atom. The summed E-state index contributed by atoms with van der Waals surface area (Å²) in [6, 6.07) is 2.00. The maximum absolute atomic E-state index is 5.25. The molecule has 0 saturated carbocycles. The number of nitrogens with one attached hydrogen (secondary N) is 1. The highest BCUT2D eigenvalue weighted by Crippen LogP contribution is 2.13. The highest BCUT2D eigenvalue weighted by Gasteiger charge is 2.08. The van der Waals surface area contributed by atoms with Gasteiger partial charge in [-0.25, -0.2) is 4.98 Å². The summed E-state index contributed by atoms with van der Waals surface area (Å²) in [6.07, 6.45) is 3.10. The first-order valence-electron chi connectivity index (χ1n) is 5.04. The van der Waals surface area contributed by atoms with Crippen LogP contribution < -0.4 is 0 Å². The summed E-state index contributed by atoms with van der Waals surface area (Å²) in [7, 11) is 0. The normalized spacial score (nSPS) is 11.1. The maximum Gasteiger partial charge on any atom is 0.213 e. The minimum absolute atomic E-state index is 0.450. The summed E-state index contributed by atoms with van der Waals surface area (Å²) in [6.45, 7) is 2.44. The predicted octanol–water partition coefficient (Wildman–Crippen LogP) is 1.83. The molecule has 3 aromatic heterocycles. The molecular weight excluding hydrogens is 238 g/mol. The number of aromatic nitrogens is 5. The van der Waals surface area contributed by atoms with Crippen LogP contribution in [0.3, 0.4) is 0 Å². The zero-order valence-corrected chi connectivity index (χ0v) is 9.86. The molecule has 3 aromatic rings. The van der Waals surface area contributed by atoms with Gasteiger partial charge in [-0.1, -0.05) is 5.16 Å². The van der Waals surface area contributed by atoms with E-state index in [1.165, 1.54) is 6.39 Å². The van der Waals surface area contributed by atoms with Crippen molar-refractivity contribution in [1.82, 2.24) is 24.7 Å². The number of imidazole rings is 1. The van der Waals surface area contributed by atoms with E-state index in [1.54, 1.807) is 6.20 Å². The van der Waals surface area contributed by atoms with Crippen LogP contribution in [0.5, 0.6) is 0 Å². The van der Waals surface area contributed by atoms with Crippen LogP contribution in [0.25, 0.3) is 11.2 Å². The van der Waals surface area contributed by atoms with Crippen LogP contribution in [0.2, 0.25) is 0 Å². The molecule has 3 heterocycles. The molecule has 0 amide bonds. The molecule has 17 heavy (non-hydrogen) atoms. The van der Waals surface area contributed by atoms with Crippen molar-refractivity contribution in [3.63, 3.8) is 0 Å². The fourth-order valence-corrected chi connectivity index (χ4v) is 1.96. The third kappa shape index (κ3) is 1.74. The summed E-state index contributed by atoms with van der Waals surface area (Å²) in [5.41, 5.74) is 2.80. The molecule has 86 valence electrons. The average molecular weight is 247 g/mol. The molecule has 0 fully saturated rings. The molecule has 6 nitrogen and oxygen atoms in total. The van der Waals surface area contributed by atoms with Gasteiger partial charge >= 0.3 is 0 Å². The van der Waals surface area contributed by atoms with Gasteiger partial charge in [-0.3, -0.25) is 4.57 Å². The van der Waals surface area contributed by atoms with Crippen LogP contribution in [0.4, 0.5) is 0 Å². The lowest BCUT2D eigenvalue weighted by molar-refractivity contribution is 0.408. The Bertz CT molecular complexity index is 712. The predicted molar refractivity (Wildman–Crippen MR) is 63.1 cm³/mol. The molecule has 3 rings (SSSR count). The Hall–Kier alpha value is -2.02. The lowest BCUT2D eigenvalue weighted by Gasteiger charge is -1.99. The van der Waals surface area contributed by atoms with Crippen LogP contribution in [-0.2, 0) is 6.54 Å². The third-order valence-electron chi connectivity index (χ3n) is 2.45. The monoisotopic (exact) mass is 247 g/mol. The summed E-state index contributed by atoms with van der Waals surface area (Å²) >= 11 is 5.25. The van der Waals surface area contributed by atoms with Gasteiger partial charge < -0.3 is 9.51 Å². The topological polar surface area (TPSA) is 72.5 Å². The molecule has 0 aliphatic rings. The Labute approximate surface area is 101 Å². The van der Waals surface area contributed by atoms with Gasteiger partial charge in [0.05, 0.1) is 12.1 Å². The first-order valence-corrected chi connectivity index (χ1v) is 5.45. The maximum atomic E-state index is 5.25. The van der Waals surface area contributed by atoms with E-state index >= 15 is 0 Å². The van der Waals surface area contributed by atoms with Crippen molar-refractivity contribution in [1.29, 1.82) is 0 Å². The molecule has 0 atom stereocenters. The number of hydrogen-bond acceptors (Lipinski definition) is 5. The van der Waals surface area contributed by atoms with Gasteiger partial charge in [0.1, 0.15) is 0 Å². The number of aryl methyl sites for hydroxylation is 1. The second-order valence-corrected chi connectivity index (χ2v) is 4.13. The minimum Gasteiger partial charge on any atom is -0.343 e. The lowest BCUT2D eigenvalue weighted by Crippen LogP contribution is -2.02. The van der Waals surface area contributed by atoms with Gasteiger partial charge in [0.2, 0.25) is 6.39 Å². The number of fused-ring (bicyclic) bond motifs is 1. The fourth-order valence-electron chi connectivity index (χ4n) is 1.70. The number of hydrogen-bond donors (Lipinski definition) is 1. The Balaban J connectivity index is 2.16. The van der Waals surface area contributed by atoms with Crippen LogP contribution >= 0.6 is 12.2 Å². The largest absolute Gasteiger partial charge is 0.343 e.